The van der Waals surface area contributed by atoms with E-state index >= 15 is 0 Å². The van der Waals surface area contributed by atoms with Gasteiger partial charge in [0.1, 0.15) is 6.10 Å². The second kappa shape index (κ2) is 7.66. The molecule has 17 heavy (non-hydrogen) atoms. The highest BCUT2D eigenvalue weighted by Gasteiger charge is 2.11. The van der Waals surface area contributed by atoms with Crippen LogP contribution in [0.5, 0.6) is 0 Å². The number of rotatable bonds is 7. The molecule has 3 N–H and O–H groups in total. The van der Waals surface area contributed by atoms with Gasteiger partial charge in [-0.2, -0.15) is 0 Å². The number of thiophene rings is 1. The van der Waals surface area contributed by atoms with Crippen LogP contribution in [0.2, 0.25) is 4.34 Å². The third-order valence-corrected chi connectivity index (χ3v) is 3.58. The summed E-state index contributed by atoms with van der Waals surface area (Å²) in [5, 5.41) is 15.4. The maximum atomic E-state index is 11.4. The molecule has 6 heteroatoms. The van der Waals surface area contributed by atoms with Crippen molar-refractivity contribution in [3.63, 3.8) is 0 Å². The van der Waals surface area contributed by atoms with Crippen molar-refractivity contribution in [1.29, 1.82) is 0 Å². The molecule has 1 aromatic rings. The van der Waals surface area contributed by atoms with Crippen molar-refractivity contribution in [2.45, 2.75) is 18.9 Å². The lowest BCUT2D eigenvalue weighted by molar-refractivity contribution is -0.121. The van der Waals surface area contributed by atoms with Gasteiger partial charge in [0, 0.05) is 17.8 Å². The number of amides is 1. The third-order valence-electron chi connectivity index (χ3n) is 2.25. The predicted molar refractivity (Wildman–Crippen MR) is 70.5 cm³/mol. The Bertz CT molecular complexity index is 357. The van der Waals surface area contributed by atoms with Gasteiger partial charge < -0.3 is 15.7 Å². The van der Waals surface area contributed by atoms with Gasteiger partial charge >= 0.3 is 0 Å². The molecule has 1 rings (SSSR count). The van der Waals surface area contributed by atoms with Gasteiger partial charge in [-0.05, 0) is 32.1 Å². The van der Waals surface area contributed by atoms with Crippen molar-refractivity contribution in [2.75, 3.05) is 20.1 Å². The maximum Gasteiger partial charge on any atom is 0.220 e. The Morgan fingerprint density at radius 2 is 2.35 bits per heavy atom. The van der Waals surface area contributed by atoms with Crippen molar-refractivity contribution in [3.8, 4) is 0 Å². The third kappa shape index (κ3) is 5.50. The highest BCUT2D eigenvalue weighted by atomic mass is 35.5. The molecule has 0 saturated carbocycles. The Hall–Kier alpha value is -0.620. The largest absolute Gasteiger partial charge is 0.386 e. The molecule has 4 nitrogen and oxygen atoms in total. The van der Waals surface area contributed by atoms with Crippen molar-refractivity contribution in [1.82, 2.24) is 10.6 Å². The molecule has 1 unspecified atom stereocenters. The molecule has 1 aromatic heterocycles. The zero-order valence-electron chi connectivity index (χ0n) is 9.70. The van der Waals surface area contributed by atoms with Gasteiger partial charge in [-0.15, -0.1) is 11.3 Å². The van der Waals surface area contributed by atoms with E-state index < -0.39 is 6.10 Å². The fraction of sp³-hybridized carbons (Fsp3) is 0.545. The molecule has 1 atom stereocenters. The SMILES string of the molecule is CNCCCC(=O)NCC(O)c1ccc(Cl)s1. The molecule has 0 bridgehead atoms. The van der Waals surface area contributed by atoms with E-state index in [1.165, 1.54) is 11.3 Å². The van der Waals surface area contributed by atoms with E-state index in [9.17, 15) is 9.90 Å². The molecule has 0 fully saturated rings. The normalized spacial score (nSPS) is 12.4. The molecule has 0 aliphatic heterocycles. The van der Waals surface area contributed by atoms with E-state index in [-0.39, 0.29) is 12.5 Å². The van der Waals surface area contributed by atoms with E-state index in [1.54, 1.807) is 12.1 Å². The van der Waals surface area contributed by atoms with Crippen LogP contribution in [0.25, 0.3) is 0 Å². The Morgan fingerprint density at radius 1 is 1.59 bits per heavy atom. The quantitative estimate of drug-likeness (QED) is 0.662. The minimum absolute atomic E-state index is 0.0399. The van der Waals surface area contributed by atoms with E-state index in [4.69, 9.17) is 11.6 Å². The summed E-state index contributed by atoms with van der Waals surface area (Å²) in [7, 11) is 1.85. The van der Waals surface area contributed by atoms with Gasteiger partial charge in [-0.25, -0.2) is 0 Å². The van der Waals surface area contributed by atoms with Gasteiger partial charge in [0.05, 0.1) is 4.34 Å². The van der Waals surface area contributed by atoms with Crippen molar-refractivity contribution < 1.29 is 9.90 Å². The first-order chi connectivity index (χ1) is 8.13. The molecule has 0 saturated heterocycles. The fourth-order valence-corrected chi connectivity index (χ4v) is 2.38. The molecule has 1 heterocycles. The first-order valence-electron chi connectivity index (χ1n) is 5.48. The summed E-state index contributed by atoms with van der Waals surface area (Å²) >= 11 is 7.09. The van der Waals surface area contributed by atoms with Crippen LogP contribution in [-0.2, 0) is 4.79 Å². The Kier molecular flexibility index (Phi) is 6.50. The van der Waals surface area contributed by atoms with Crippen LogP contribution in [0.3, 0.4) is 0 Å². The molecule has 0 spiro atoms. The number of halogens is 1. The molecule has 96 valence electrons. The van der Waals surface area contributed by atoms with Gasteiger partial charge in [-0.1, -0.05) is 11.6 Å². The Balaban J connectivity index is 2.23. The standard InChI is InChI=1S/C11H17ClN2O2S/c1-13-6-2-3-11(16)14-7-8(15)9-4-5-10(12)17-9/h4-5,8,13,15H,2-3,6-7H2,1H3,(H,14,16). The maximum absolute atomic E-state index is 11.4. The number of hydrogen-bond donors (Lipinski definition) is 3. The summed E-state index contributed by atoms with van der Waals surface area (Å²) in [4.78, 5) is 12.2. The lowest BCUT2D eigenvalue weighted by Gasteiger charge is -2.10. The molecule has 0 radical (unpaired) electrons. The van der Waals surface area contributed by atoms with Gasteiger partial charge in [0.25, 0.3) is 0 Å². The van der Waals surface area contributed by atoms with Crippen LogP contribution < -0.4 is 10.6 Å². The fourth-order valence-electron chi connectivity index (χ4n) is 1.33. The monoisotopic (exact) mass is 276 g/mol. The van der Waals surface area contributed by atoms with Crippen molar-refractivity contribution in [2.24, 2.45) is 0 Å². The van der Waals surface area contributed by atoms with E-state index in [0.29, 0.717) is 10.8 Å². The number of nitrogens with one attached hydrogen (secondary N) is 2. The zero-order chi connectivity index (χ0) is 12.7. The molecular weight excluding hydrogens is 260 g/mol. The van der Waals surface area contributed by atoms with E-state index in [2.05, 4.69) is 10.6 Å². The molecular formula is C11H17ClN2O2S. The number of carbonyl (C=O) groups excluding carboxylic acids is 1. The minimum Gasteiger partial charge on any atom is -0.386 e. The number of hydrogen-bond acceptors (Lipinski definition) is 4. The highest BCUT2D eigenvalue weighted by molar-refractivity contribution is 7.16. The van der Waals surface area contributed by atoms with Crippen LogP contribution in [-0.4, -0.2) is 31.2 Å². The Labute approximate surface area is 110 Å². The van der Waals surface area contributed by atoms with Crippen LogP contribution in [0.1, 0.15) is 23.8 Å². The van der Waals surface area contributed by atoms with Crippen LogP contribution >= 0.6 is 22.9 Å². The van der Waals surface area contributed by atoms with Gasteiger partial charge in [0.2, 0.25) is 5.91 Å². The lowest BCUT2D eigenvalue weighted by atomic mass is 10.2. The van der Waals surface area contributed by atoms with E-state index in [0.717, 1.165) is 17.8 Å². The molecule has 1 amide bonds. The minimum atomic E-state index is -0.680. The lowest BCUT2D eigenvalue weighted by Crippen LogP contribution is -2.28. The number of aliphatic hydroxyl groups is 1. The summed E-state index contributed by atoms with van der Waals surface area (Å²) in [5.41, 5.74) is 0. The van der Waals surface area contributed by atoms with Crippen LogP contribution in [0.15, 0.2) is 12.1 Å². The predicted octanol–water partition coefficient (Wildman–Crippen LogP) is 1.55. The first-order valence-corrected chi connectivity index (χ1v) is 6.67. The van der Waals surface area contributed by atoms with Crippen molar-refractivity contribution in [3.05, 3.63) is 21.3 Å². The Morgan fingerprint density at radius 3 is 2.94 bits per heavy atom. The van der Waals surface area contributed by atoms with Gasteiger partial charge in [0.15, 0.2) is 0 Å². The van der Waals surface area contributed by atoms with Crippen LogP contribution in [0.4, 0.5) is 0 Å². The molecule has 0 aromatic carbocycles. The topological polar surface area (TPSA) is 61.4 Å². The zero-order valence-corrected chi connectivity index (χ0v) is 11.3. The van der Waals surface area contributed by atoms with Crippen LogP contribution in [0, 0.1) is 0 Å². The van der Waals surface area contributed by atoms with Gasteiger partial charge in [-0.3, -0.25) is 4.79 Å². The molecule has 0 aliphatic carbocycles. The second-order valence-electron chi connectivity index (χ2n) is 3.67. The molecule has 0 aliphatic rings. The number of carbonyl (C=O) groups is 1. The van der Waals surface area contributed by atoms with Crippen molar-refractivity contribution >= 4 is 28.8 Å². The van der Waals surface area contributed by atoms with E-state index in [1.807, 2.05) is 7.05 Å². The highest BCUT2D eigenvalue weighted by Crippen LogP contribution is 2.26. The smallest absolute Gasteiger partial charge is 0.220 e. The first kappa shape index (κ1) is 14.4. The summed E-state index contributed by atoms with van der Waals surface area (Å²) < 4.78 is 0.638. The average molecular weight is 277 g/mol. The second-order valence-corrected chi connectivity index (χ2v) is 5.42. The summed E-state index contributed by atoms with van der Waals surface area (Å²) in [6.07, 6.45) is 0.586. The summed E-state index contributed by atoms with van der Waals surface area (Å²) in [6.45, 7) is 1.05. The average Bonchev–Trinajstić information content (AvgIpc) is 2.73. The number of aliphatic hydroxyl groups excluding tert-OH is 1. The summed E-state index contributed by atoms with van der Waals surface area (Å²) in [6, 6.07) is 3.50. The summed E-state index contributed by atoms with van der Waals surface area (Å²) in [5.74, 6) is -0.0399.